The number of anilines is 1. The van der Waals surface area contributed by atoms with Crippen molar-refractivity contribution in [1.82, 2.24) is 0 Å². The summed E-state index contributed by atoms with van der Waals surface area (Å²) in [5.74, 6) is 2.77. The number of hydrogen-bond acceptors (Lipinski definition) is 1. The average molecular weight is 530 g/mol. The highest BCUT2D eigenvalue weighted by molar-refractivity contribution is 5.68. The summed E-state index contributed by atoms with van der Waals surface area (Å²) in [5, 5.41) is 2.97. The normalized spacial score (nSPS) is 9.46. The van der Waals surface area contributed by atoms with Gasteiger partial charge in [-0.2, -0.15) is 0 Å². The number of hydrogen-bond donors (Lipinski definition) is 1. The minimum absolute atomic E-state index is 0.884. The van der Waals surface area contributed by atoms with Gasteiger partial charge in [-0.15, -0.1) is 0 Å². The molecule has 2 aromatic rings. The fraction of sp³-hybridized carbons (Fsp3) is 0.421. The first kappa shape index (κ1) is 40.3. The molecule has 0 fully saturated rings. The zero-order valence-electron chi connectivity index (χ0n) is 27.3. The molecule has 0 radical (unpaired) electrons. The van der Waals surface area contributed by atoms with Crippen LogP contribution in [0.2, 0.25) is 0 Å². The predicted octanol–water partition coefficient (Wildman–Crippen LogP) is 12.5. The van der Waals surface area contributed by atoms with Crippen LogP contribution in [0.4, 0.5) is 5.69 Å². The van der Waals surface area contributed by atoms with E-state index in [1.807, 2.05) is 65.8 Å². The fourth-order valence-electron chi connectivity index (χ4n) is 2.95. The molecule has 1 nitrogen and oxygen atoms in total. The summed E-state index contributed by atoms with van der Waals surface area (Å²) in [6, 6.07) is 19.5. The van der Waals surface area contributed by atoms with Crippen LogP contribution in [-0.2, 0) is 0 Å². The minimum Gasteiger partial charge on any atom is -0.315 e. The Morgan fingerprint density at radius 1 is 0.846 bits per heavy atom. The van der Waals surface area contributed by atoms with E-state index >= 15 is 0 Å². The molecular weight excluding hydrogens is 470 g/mol. The van der Waals surface area contributed by atoms with Crippen molar-refractivity contribution in [3.8, 4) is 12.0 Å². The highest BCUT2D eigenvalue weighted by Crippen LogP contribution is 2.25. The fourth-order valence-corrected chi connectivity index (χ4v) is 2.95. The largest absolute Gasteiger partial charge is 0.315 e. The van der Waals surface area contributed by atoms with E-state index in [1.165, 1.54) is 47.9 Å². The van der Waals surface area contributed by atoms with Gasteiger partial charge in [0, 0.05) is 11.7 Å². The molecule has 216 valence electrons. The van der Waals surface area contributed by atoms with E-state index in [-0.39, 0.29) is 0 Å². The standard InChI is InChI=1S/C16H20.C10H11N.C6H14.C4H8.C2H6/c1-6-15(11-14(5)12(2)3)16-9-7-8-13(4)10-16;1-3-7-11-10-6-4-5-9(2)8-10;1-3-5-6-4-2;1-3-4-2;1-2/h6-10H,2,5,11H2,1,3-4H3;4-6,8,11H,1-2H3;3-6H2,1-2H3;3-4H,1-2H3;1-2H3/b15-6+;;;4-3-;. The van der Waals surface area contributed by atoms with Crippen molar-refractivity contribution in [3.05, 3.63) is 108 Å². The molecule has 0 aliphatic heterocycles. The van der Waals surface area contributed by atoms with Crippen LogP contribution in [-0.4, -0.2) is 0 Å². The molecule has 0 atom stereocenters. The SMILES string of the molecule is C/C=C\C.C=C(C)C(=C)C/C(=C\C)c1cccc(C)c1.CC.CC#CNc1cccc(C)c1.CCCCCC. The van der Waals surface area contributed by atoms with Gasteiger partial charge in [0.05, 0.1) is 0 Å². The Morgan fingerprint density at radius 3 is 1.74 bits per heavy atom. The van der Waals surface area contributed by atoms with Crippen molar-refractivity contribution in [1.29, 1.82) is 0 Å². The van der Waals surface area contributed by atoms with Crippen molar-refractivity contribution < 1.29 is 0 Å². The summed E-state index contributed by atoms with van der Waals surface area (Å²) < 4.78 is 0. The van der Waals surface area contributed by atoms with Crippen LogP contribution in [0.25, 0.3) is 5.57 Å². The molecule has 39 heavy (non-hydrogen) atoms. The number of rotatable bonds is 8. The maximum Gasteiger partial charge on any atom is 0.0461 e. The summed E-state index contributed by atoms with van der Waals surface area (Å²) in [7, 11) is 0. The van der Waals surface area contributed by atoms with E-state index in [9.17, 15) is 0 Å². The van der Waals surface area contributed by atoms with Gasteiger partial charge >= 0.3 is 0 Å². The van der Waals surface area contributed by atoms with E-state index in [0.717, 1.165) is 23.3 Å². The summed E-state index contributed by atoms with van der Waals surface area (Å²) in [6.45, 7) is 30.5. The maximum atomic E-state index is 4.05. The second kappa shape index (κ2) is 29.3. The van der Waals surface area contributed by atoms with Crippen LogP contribution >= 0.6 is 0 Å². The van der Waals surface area contributed by atoms with Crippen LogP contribution < -0.4 is 5.32 Å². The van der Waals surface area contributed by atoms with Crippen LogP contribution in [0.15, 0.2) is 91.1 Å². The maximum absolute atomic E-state index is 4.05. The molecule has 0 saturated heterocycles. The van der Waals surface area contributed by atoms with Crippen molar-refractivity contribution >= 4 is 11.3 Å². The van der Waals surface area contributed by atoms with Gasteiger partial charge in [-0.1, -0.05) is 138 Å². The Morgan fingerprint density at radius 2 is 1.36 bits per heavy atom. The molecule has 0 spiro atoms. The average Bonchev–Trinajstić information content (AvgIpc) is 2.95. The molecule has 0 unspecified atom stereocenters. The topological polar surface area (TPSA) is 12.0 Å². The van der Waals surface area contributed by atoms with E-state index in [1.54, 1.807) is 0 Å². The van der Waals surface area contributed by atoms with Gasteiger partial charge in [0.2, 0.25) is 0 Å². The Kier molecular flexibility index (Phi) is 30.3. The first-order valence-corrected chi connectivity index (χ1v) is 14.6. The molecular formula is C38H59N. The minimum atomic E-state index is 0.884. The molecule has 2 aromatic carbocycles. The van der Waals surface area contributed by atoms with Gasteiger partial charge in [0.15, 0.2) is 0 Å². The Hall–Kier alpha value is -3.24. The van der Waals surface area contributed by atoms with Gasteiger partial charge in [-0.25, -0.2) is 0 Å². The smallest absolute Gasteiger partial charge is 0.0461 e. The molecule has 0 aromatic heterocycles. The molecule has 0 saturated carbocycles. The van der Waals surface area contributed by atoms with Gasteiger partial charge in [-0.3, -0.25) is 0 Å². The summed E-state index contributed by atoms with van der Waals surface area (Å²) in [5.41, 5.74) is 8.35. The lowest BCUT2D eigenvalue weighted by Crippen LogP contribution is -1.89. The molecule has 0 heterocycles. The summed E-state index contributed by atoms with van der Waals surface area (Å²) in [6.07, 6.45) is 12.6. The third-order valence-electron chi connectivity index (χ3n) is 5.39. The molecule has 0 bridgehead atoms. The van der Waals surface area contributed by atoms with Crippen molar-refractivity contribution in [2.75, 3.05) is 5.32 Å². The van der Waals surface area contributed by atoms with Crippen molar-refractivity contribution in [3.63, 3.8) is 0 Å². The first-order valence-electron chi connectivity index (χ1n) is 14.6. The second-order valence-electron chi connectivity index (χ2n) is 8.99. The van der Waals surface area contributed by atoms with E-state index in [2.05, 4.69) is 108 Å². The number of unbranched alkanes of at least 4 members (excludes halogenated alkanes) is 3. The third-order valence-corrected chi connectivity index (χ3v) is 5.39. The van der Waals surface area contributed by atoms with Crippen LogP contribution in [0.1, 0.15) is 111 Å². The number of nitrogens with one attached hydrogen (secondary N) is 1. The number of aryl methyl sites for hydroxylation is 2. The second-order valence-corrected chi connectivity index (χ2v) is 8.99. The van der Waals surface area contributed by atoms with E-state index in [4.69, 9.17) is 0 Å². The summed E-state index contributed by atoms with van der Waals surface area (Å²) in [4.78, 5) is 0. The molecule has 0 aliphatic rings. The monoisotopic (exact) mass is 529 g/mol. The lowest BCUT2D eigenvalue weighted by atomic mass is 9.95. The molecule has 1 heteroatoms. The molecule has 0 amide bonds. The molecule has 2 rings (SSSR count). The van der Waals surface area contributed by atoms with Crippen LogP contribution in [0.5, 0.6) is 0 Å². The molecule has 1 N–H and O–H groups in total. The zero-order valence-corrected chi connectivity index (χ0v) is 27.3. The van der Waals surface area contributed by atoms with Crippen LogP contribution in [0, 0.1) is 25.8 Å². The van der Waals surface area contributed by atoms with Crippen molar-refractivity contribution in [2.24, 2.45) is 0 Å². The van der Waals surface area contributed by atoms with Crippen molar-refractivity contribution in [2.45, 2.75) is 108 Å². The van der Waals surface area contributed by atoms with Gasteiger partial charge in [0.1, 0.15) is 0 Å². The zero-order chi connectivity index (χ0) is 30.5. The highest BCUT2D eigenvalue weighted by atomic mass is 14.8. The third kappa shape index (κ3) is 24.8. The Labute approximate surface area is 244 Å². The predicted molar refractivity (Wildman–Crippen MR) is 183 cm³/mol. The lowest BCUT2D eigenvalue weighted by Gasteiger charge is -2.10. The van der Waals surface area contributed by atoms with Gasteiger partial charge in [-0.05, 0) is 89.3 Å². The van der Waals surface area contributed by atoms with E-state index < -0.39 is 0 Å². The van der Waals surface area contributed by atoms with Gasteiger partial charge < -0.3 is 5.32 Å². The quantitative estimate of drug-likeness (QED) is 0.118. The summed E-state index contributed by atoms with van der Waals surface area (Å²) >= 11 is 0. The first-order chi connectivity index (χ1) is 18.7. The molecule has 0 aliphatic carbocycles. The Balaban J connectivity index is -0.000000487. The number of benzene rings is 2. The Bertz CT molecular complexity index is 1000. The number of allylic oxidation sites excluding steroid dienone is 6. The van der Waals surface area contributed by atoms with Gasteiger partial charge in [0.25, 0.3) is 0 Å². The lowest BCUT2D eigenvalue weighted by molar-refractivity contribution is 0.702. The van der Waals surface area contributed by atoms with Crippen LogP contribution in [0.3, 0.4) is 0 Å². The highest BCUT2D eigenvalue weighted by Gasteiger charge is 2.03. The van der Waals surface area contributed by atoms with E-state index in [0.29, 0.717) is 0 Å².